The van der Waals surface area contributed by atoms with Gasteiger partial charge in [0.1, 0.15) is 5.01 Å². The maximum atomic E-state index is 12.7. The summed E-state index contributed by atoms with van der Waals surface area (Å²) in [7, 11) is 1.31. The third-order valence-corrected chi connectivity index (χ3v) is 5.59. The van der Waals surface area contributed by atoms with E-state index in [0.29, 0.717) is 5.75 Å². The minimum Gasteiger partial charge on any atom is -0.302 e. The molecular weight excluding hydrogens is 369 g/mol. The molecule has 0 atom stereocenters. The van der Waals surface area contributed by atoms with Crippen LogP contribution in [0.1, 0.15) is 24.0 Å². The first-order valence-corrected chi connectivity index (χ1v) is 9.38. The first-order valence-electron chi connectivity index (χ1n) is 7.51. The molecule has 2 aromatic heterocycles. The smallest absolute Gasteiger partial charge is 0.302 e. The lowest BCUT2D eigenvalue weighted by Gasteiger charge is -2.05. The first kappa shape index (κ1) is 17.9. The number of thioether (sulfide) groups is 1. The number of aryl methyl sites for hydroxylation is 1. The Morgan fingerprint density at radius 1 is 1.16 bits per heavy atom. The SMILES string of the molecule is CCc1ccc(-c2nc(CSc3nnc(C(F)(F)F)n3C)cs2)cc1. The van der Waals surface area contributed by atoms with Crippen molar-refractivity contribution in [1.82, 2.24) is 19.7 Å². The minimum absolute atomic E-state index is 0.217. The summed E-state index contributed by atoms with van der Waals surface area (Å²) in [6.45, 7) is 2.10. The Hall–Kier alpha value is -1.87. The number of halogens is 3. The third kappa shape index (κ3) is 4.04. The van der Waals surface area contributed by atoms with E-state index in [9.17, 15) is 13.2 Å². The van der Waals surface area contributed by atoms with Gasteiger partial charge in [-0.25, -0.2) is 4.98 Å². The van der Waals surface area contributed by atoms with Crippen LogP contribution in [0.3, 0.4) is 0 Å². The van der Waals surface area contributed by atoms with Gasteiger partial charge in [-0.1, -0.05) is 43.0 Å². The maximum Gasteiger partial charge on any atom is 0.451 e. The lowest BCUT2D eigenvalue weighted by molar-refractivity contribution is -0.147. The van der Waals surface area contributed by atoms with Gasteiger partial charge in [-0.3, -0.25) is 0 Å². The standard InChI is InChI=1S/C16H15F3N4S2/c1-3-10-4-6-11(7-5-10)13-20-12(8-24-13)9-25-15-22-21-14(23(15)2)16(17,18)19/h4-8H,3,9H2,1-2H3. The van der Waals surface area contributed by atoms with Crippen molar-refractivity contribution in [2.75, 3.05) is 0 Å². The van der Waals surface area contributed by atoms with Crippen molar-refractivity contribution in [3.63, 3.8) is 0 Å². The molecular formula is C16H15F3N4S2. The highest BCUT2D eigenvalue weighted by atomic mass is 32.2. The fourth-order valence-corrected chi connectivity index (χ4v) is 3.95. The van der Waals surface area contributed by atoms with Gasteiger partial charge in [-0.15, -0.1) is 21.5 Å². The van der Waals surface area contributed by atoms with Crippen LogP contribution < -0.4 is 0 Å². The number of thiazole rings is 1. The molecule has 0 bridgehead atoms. The fraction of sp³-hybridized carbons (Fsp3) is 0.312. The molecule has 0 radical (unpaired) electrons. The monoisotopic (exact) mass is 384 g/mol. The quantitative estimate of drug-likeness (QED) is 0.592. The van der Waals surface area contributed by atoms with E-state index >= 15 is 0 Å². The fourth-order valence-electron chi connectivity index (χ4n) is 2.21. The zero-order valence-corrected chi connectivity index (χ0v) is 15.2. The number of hydrogen-bond donors (Lipinski definition) is 0. The molecule has 0 unspecified atom stereocenters. The van der Waals surface area contributed by atoms with Gasteiger partial charge in [-0.2, -0.15) is 13.2 Å². The van der Waals surface area contributed by atoms with Crippen molar-refractivity contribution < 1.29 is 13.2 Å². The molecule has 2 heterocycles. The molecule has 4 nitrogen and oxygen atoms in total. The van der Waals surface area contributed by atoms with Gasteiger partial charge in [0.25, 0.3) is 0 Å². The molecule has 132 valence electrons. The normalized spacial score (nSPS) is 11.9. The van der Waals surface area contributed by atoms with Crippen LogP contribution >= 0.6 is 23.1 Å². The van der Waals surface area contributed by atoms with Crippen LogP contribution in [0.15, 0.2) is 34.8 Å². The molecule has 0 fully saturated rings. The van der Waals surface area contributed by atoms with Gasteiger partial charge in [0, 0.05) is 23.7 Å². The molecule has 0 N–H and O–H groups in total. The summed E-state index contributed by atoms with van der Waals surface area (Å²) in [6, 6.07) is 8.21. The molecule has 0 spiro atoms. The van der Waals surface area contributed by atoms with Crippen molar-refractivity contribution in [2.24, 2.45) is 7.05 Å². The Balaban J connectivity index is 1.69. The largest absolute Gasteiger partial charge is 0.451 e. The van der Waals surface area contributed by atoms with Gasteiger partial charge < -0.3 is 4.57 Å². The highest BCUT2D eigenvalue weighted by molar-refractivity contribution is 7.98. The van der Waals surface area contributed by atoms with E-state index in [1.807, 2.05) is 17.5 Å². The Morgan fingerprint density at radius 2 is 1.88 bits per heavy atom. The van der Waals surface area contributed by atoms with Gasteiger partial charge in [0.15, 0.2) is 5.16 Å². The summed E-state index contributed by atoms with van der Waals surface area (Å²) < 4.78 is 39.1. The summed E-state index contributed by atoms with van der Waals surface area (Å²) in [6.07, 6.45) is -3.52. The topological polar surface area (TPSA) is 43.6 Å². The molecule has 3 rings (SSSR count). The maximum absolute atomic E-state index is 12.7. The van der Waals surface area contributed by atoms with Gasteiger partial charge in [0.2, 0.25) is 5.82 Å². The highest BCUT2D eigenvalue weighted by Gasteiger charge is 2.37. The summed E-state index contributed by atoms with van der Waals surface area (Å²) in [4.78, 5) is 4.55. The average Bonchev–Trinajstić information content (AvgIpc) is 3.19. The Kier molecular flexibility index (Phi) is 5.14. The molecule has 0 aliphatic heterocycles. The molecule has 25 heavy (non-hydrogen) atoms. The Morgan fingerprint density at radius 3 is 2.48 bits per heavy atom. The molecule has 1 aromatic carbocycles. The van der Waals surface area contributed by atoms with Crippen LogP contribution in [0.25, 0.3) is 10.6 Å². The zero-order chi connectivity index (χ0) is 18.0. The van der Waals surface area contributed by atoms with Crippen molar-refractivity contribution in [3.05, 3.63) is 46.7 Å². The molecule has 0 amide bonds. The number of benzene rings is 1. The number of nitrogens with zero attached hydrogens (tertiary/aromatic N) is 4. The number of alkyl halides is 3. The Labute approximate surface area is 151 Å². The Bertz CT molecular complexity index is 853. The van der Waals surface area contributed by atoms with Crippen molar-refractivity contribution in [3.8, 4) is 10.6 Å². The van der Waals surface area contributed by atoms with Crippen LogP contribution in [-0.2, 0) is 25.4 Å². The van der Waals surface area contributed by atoms with Gasteiger partial charge in [-0.05, 0) is 12.0 Å². The number of rotatable bonds is 5. The van der Waals surface area contributed by atoms with Gasteiger partial charge >= 0.3 is 6.18 Å². The first-order chi connectivity index (χ1) is 11.9. The number of aromatic nitrogens is 4. The van der Waals surface area contributed by atoms with E-state index in [2.05, 4.69) is 34.2 Å². The summed E-state index contributed by atoms with van der Waals surface area (Å²) >= 11 is 2.70. The molecule has 0 aliphatic carbocycles. The summed E-state index contributed by atoms with van der Waals surface area (Å²) in [5.41, 5.74) is 3.11. The van der Waals surface area contributed by atoms with Crippen LogP contribution in [0.4, 0.5) is 13.2 Å². The number of hydrogen-bond acceptors (Lipinski definition) is 5. The minimum atomic E-state index is -4.50. The second-order valence-electron chi connectivity index (χ2n) is 5.35. The van der Waals surface area contributed by atoms with E-state index in [-0.39, 0.29) is 5.16 Å². The van der Waals surface area contributed by atoms with Crippen molar-refractivity contribution in [2.45, 2.75) is 30.4 Å². The predicted molar refractivity (Wildman–Crippen MR) is 92.5 cm³/mol. The van der Waals surface area contributed by atoms with E-state index in [1.54, 1.807) is 0 Å². The highest BCUT2D eigenvalue weighted by Crippen LogP contribution is 2.31. The van der Waals surface area contributed by atoms with Crippen molar-refractivity contribution >= 4 is 23.1 Å². The summed E-state index contributed by atoms with van der Waals surface area (Å²) in [5, 5.41) is 9.86. The predicted octanol–water partition coefficient (Wildman–Crippen LogP) is 4.81. The lowest BCUT2D eigenvalue weighted by atomic mass is 10.1. The van der Waals surface area contributed by atoms with E-state index in [1.165, 1.54) is 35.7 Å². The van der Waals surface area contributed by atoms with Gasteiger partial charge in [0.05, 0.1) is 5.69 Å². The van der Waals surface area contributed by atoms with Crippen LogP contribution in [-0.4, -0.2) is 19.7 Å². The zero-order valence-electron chi connectivity index (χ0n) is 13.5. The molecule has 0 saturated carbocycles. The molecule has 3 aromatic rings. The van der Waals surface area contributed by atoms with E-state index < -0.39 is 12.0 Å². The van der Waals surface area contributed by atoms with Crippen LogP contribution in [0, 0.1) is 0 Å². The lowest BCUT2D eigenvalue weighted by Crippen LogP contribution is -2.12. The van der Waals surface area contributed by atoms with E-state index in [4.69, 9.17) is 0 Å². The van der Waals surface area contributed by atoms with Crippen LogP contribution in [0.2, 0.25) is 0 Å². The second-order valence-corrected chi connectivity index (χ2v) is 7.15. The molecule has 9 heteroatoms. The van der Waals surface area contributed by atoms with E-state index in [0.717, 1.165) is 27.3 Å². The second kappa shape index (κ2) is 7.17. The average molecular weight is 384 g/mol. The third-order valence-electron chi connectivity index (χ3n) is 3.60. The van der Waals surface area contributed by atoms with Crippen LogP contribution in [0.5, 0.6) is 0 Å². The molecule has 0 saturated heterocycles. The van der Waals surface area contributed by atoms with Crippen molar-refractivity contribution in [1.29, 1.82) is 0 Å². The summed E-state index contributed by atoms with van der Waals surface area (Å²) in [5.74, 6) is -0.558. The molecule has 0 aliphatic rings.